The first-order valence-corrected chi connectivity index (χ1v) is 3.83. The Kier molecular flexibility index (Phi) is 2.60. The summed E-state index contributed by atoms with van der Waals surface area (Å²) in [5.74, 6) is 0.272. The van der Waals surface area contributed by atoms with E-state index in [9.17, 15) is 4.79 Å². The fourth-order valence-corrected chi connectivity index (χ4v) is 0.920. The van der Waals surface area contributed by atoms with Gasteiger partial charge in [-0.1, -0.05) is 5.16 Å². The van der Waals surface area contributed by atoms with Gasteiger partial charge in [-0.2, -0.15) is 0 Å². The summed E-state index contributed by atoms with van der Waals surface area (Å²) in [6.45, 7) is 3.96. The number of rotatable bonds is 3. The van der Waals surface area contributed by atoms with Crippen molar-refractivity contribution >= 4 is 5.78 Å². The molecule has 0 aliphatic carbocycles. The van der Waals surface area contributed by atoms with E-state index in [2.05, 4.69) is 5.16 Å². The molecule has 0 aromatic carbocycles. The van der Waals surface area contributed by atoms with Crippen LogP contribution >= 0.6 is 0 Å². The van der Waals surface area contributed by atoms with Crippen LogP contribution in [0.25, 0.3) is 0 Å². The highest BCUT2D eigenvalue weighted by molar-refractivity contribution is 5.94. The summed E-state index contributed by atoms with van der Waals surface area (Å²) in [5, 5.41) is 3.68. The zero-order valence-corrected chi connectivity index (χ0v) is 7.26. The third kappa shape index (κ3) is 1.53. The first kappa shape index (κ1) is 8.93. The van der Waals surface area contributed by atoms with E-state index >= 15 is 0 Å². The summed E-state index contributed by atoms with van der Waals surface area (Å²) < 4.78 is 4.85. The average Bonchev–Trinajstić information content (AvgIpc) is 2.34. The molecule has 1 aromatic rings. The lowest BCUT2D eigenvalue weighted by Gasteiger charge is -1.93. The number of carbonyl (C=O) groups is 1. The summed E-state index contributed by atoms with van der Waals surface area (Å²) in [7, 11) is 0. The van der Waals surface area contributed by atoms with Crippen LogP contribution in [0.15, 0.2) is 4.52 Å². The summed E-state index contributed by atoms with van der Waals surface area (Å²) in [6, 6.07) is 0. The number of hydrogen-bond donors (Lipinski definition) is 1. The lowest BCUT2D eigenvalue weighted by molar-refractivity contribution is 0.0949. The Labute approximate surface area is 70.7 Å². The monoisotopic (exact) mass is 168 g/mol. The van der Waals surface area contributed by atoms with Crippen molar-refractivity contribution in [3.8, 4) is 0 Å². The zero-order valence-electron chi connectivity index (χ0n) is 7.26. The van der Waals surface area contributed by atoms with Gasteiger partial charge in [-0.15, -0.1) is 0 Å². The van der Waals surface area contributed by atoms with Gasteiger partial charge in [0.05, 0.1) is 5.69 Å². The fraction of sp³-hybridized carbons (Fsp3) is 0.500. The van der Waals surface area contributed by atoms with Crippen LogP contribution < -0.4 is 5.73 Å². The SMILES string of the molecule is Cc1noc(C(=O)CCN)c1C. The Balaban J connectivity index is 2.88. The molecule has 0 aliphatic heterocycles. The molecule has 1 heterocycles. The molecule has 0 bridgehead atoms. The molecular weight excluding hydrogens is 156 g/mol. The van der Waals surface area contributed by atoms with E-state index < -0.39 is 0 Å². The van der Waals surface area contributed by atoms with Crippen LogP contribution in [0.2, 0.25) is 0 Å². The van der Waals surface area contributed by atoms with Crippen LogP contribution in [0, 0.1) is 13.8 Å². The van der Waals surface area contributed by atoms with Gasteiger partial charge >= 0.3 is 0 Å². The molecule has 66 valence electrons. The van der Waals surface area contributed by atoms with Crippen LogP contribution in [0.5, 0.6) is 0 Å². The molecule has 0 spiro atoms. The molecule has 12 heavy (non-hydrogen) atoms. The van der Waals surface area contributed by atoms with Crippen molar-refractivity contribution in [2.24, 2.45) is 5.73 Å². The molecule has 0 amide bonds. The predicted octanol–water partition coefficient (Wildman–Crippen LogP) is 0.823. The van der Waals surface area contributed by atoms with Crippen molar-refractivity contribution in [1.29, 1.82) is 0 Å². The Bertz CT molecular complexity index is 291. The highest BCUT2D eigenvalue weighted by Gasteiger charge is 2.15. The van der Waals surface area contributed by atoms with Crippen molar-refractivity contribution in [3.05, 3.63) is 17.0 Å². The molecule has 1 aromatic heterocycles. The van der Waals surface area contributed by atoms with Gasteiger partial charge in [0.2, 0.25) is 11.5 Å². The van der Waals surface area contributed by atoms with E-state index in [0.29, 0.717) is 18.7 Å². The predicted molar refractivity (Wildman–Crippen MR) is 44.0 cm³/mol. The Morgan fingerprint density at radius 2 is 2.25 bits per heavy atom. The van der Waals surface area contributed by atoms with Crippen LogP contribution in [-0.4, -0.2) is 17.5 Å². The van der Waals surface area contributed by atoms with Crippen molar-refractivity contribution < 1.29 is 9.32 Å². The van der Waals surface area contributed by atoms with E-state index in [0.717, 1.165) is 11.3 Å². The smallest absolute Gasteiger partial charge is 0.205 e. The average molecular weight is 168 g/mol. The van der Waals surface area contributed by atoms with Crippen LogP contribution in [0.1, 0.15) is 28.2 Å². The van der Waals surface area contributed by atoms with Crippen molar-refractivity contribution in [2.75, 3.05) is 6.54 Å². The number of ketones is 1. The van der Waals surface area contributed by atoms with Crippen molar-refractivity contribution in [2.45, 2.75) is 20.3 Å². The minimum Gasteiger partial charge on any atom is -0.353 e. The Morgan fingerprint density at radius 3 is 2.67 bits per heavy atom. The quantitative estimate of drug-likeness (QED) is 0.678. The molecule has 0 unspecified atom stereocenters. The Hall–Kier alpha value is -1.16. The number of hydrogen-bond acceptors (Lipinski definition) is 4. The second-order valence-electron chi connectivity index (χ2n) is 2.68. The highest BCUT2D eigenvalue weighted by Crippen LogP contribution is 2.12. The molecule has 0 saturated heterocycles. The van der Waals surface area contributed by atoms with Gasteiger partial charge in [-0.25, -0.2) is 0 Å². The standard InChI is InChI=1S/C8H12N2O2/c1-5-6(2)10-12-8(5)7(11)3-4-9/h3-4,9H2,1-2H3. The highest BCUT2D eigenvalue weighted by atomic mass is 16.5. The summed E-state index contributed by atoms with van der Waals surface area (Å²) in [6.07, 6.45) is 0.315. The van der Waals surface area contributed by atoms with Crippen LogP contribution in [0.3, 0.4) is 0 Å². The lowest BCUT2D eigenvalue weighted by Crippen LogP contribution is -2.08. The molecule has 4 heteroatoms. The Morgan fingerprint density at radius 1 is 1.58 bits per heavy atom. The number of carbonyl (C=O) groups excluding carboxylic acids is 1. The van der Waals surface area contributed by atoms with Gasteiger partial charge in [0.15, 0.2) is 0 Å². The second kappa shape index (κ2) is 3.49. The molecule has 4 nitrogen and oxygen atoms in total. The van der Waals surface area contributed by atoms with Gasteiger partial charge in [-0.3, -0.25) is 4.79 Å². The van der Waals surface area contributed by atoms with Crippen LogP contribution in [0.4, 0.5) is 0 Å². The maximum Gasteiger partial charge on any atom is 0.205 e. The number of aryl methyl sites for hydroxylation is 1. The van der Waals surface area contributed by atoms with Crippen LogP contribution in [-0.2, 0) is 0 Å². The third-order valence-corrected chi connectivity index (χ3v) is 1.78. The molecule has 0 atom stereocenters. The third-order valence-electron chi connectivity index (χ3n) is 1.78. The van der Waals surface area contributed by atoms with Gasteiger partial charge < -0.3 is 10.3 Å². The minimum absolute atomic E-state index is 0.0735. The van der Waals surface area contributed by atoms with E-state index in [1.807, 2.05) is 6.92 Å². The normalized spacial score (nSPS) is 10.2. The minimum atomic E-state index is -0.0735. The number of Topliss-reactive ketones (excluding diaryl/α,β-unsaturated/α-hetero) is 1. The largest absolute Gasteiger partial charge is 0.353 e. The molecule has 0 fully saturated rings. The molecule has 1 rings (SSSR count). The van der Waals surface area contributed by atoms with Gasteiger partial charge in [0.1, 0.15) is 0 Å². The molecule has 2 N–H and O–H groups in total. The topological polar surface area (TPSA) is 69.1 Å². The van der Waals surface area contributed by atoms with Gasteiger partial charge in [0.25, 0.3) is 0 Å². The van der Waals surface area contributed by atoms with E-state index in [4.69, 9.17) is 10.3 Å². The maximum absolute atomic E-state index is 11.3. The molecule has 0 saturated carbocycles. The van der Waals surface area contributed by atoms with E-state index in [1.165, 1.54) is 0 Å². The number of nitrogens with zero attached hydrogens (tertiary/aromatic N) is 1. The first-order chi connectivity index (χ1) is 5.66. The fourth-order valence-electron chi connectivity index (χ4n) is 0.920. The zero-order chi connectivity index (χ0) is 9.14. The summed E-state index contributed by atoms with van der Waals surface area (Å²) >= 11 is 0. The van der Waals surface area contributed by atoms with E-state index in [1.54, 1.807) is 6.92 Å². The number of nitrogens with two attached hydrogens (primary N) is 1. The second-order valence-corrected chi connectivity index (χ2v) is 2.68. The summed E-state index contributed by atoms with van der Waals surface area (Å²) in [4.78, 5) is 11.3. The molecule has 0 aliphatic rings. The lowest BCUT2D eigenvalue weighted by atomic mass is 10.1. The number of aromatic nitrogens is 1. The maximum atomic E-state index is 11.3. The molecular formula is C8H12N2O2. The van der Waals surface area contributed by atoms with Gasteiger partial charge in [0, 0.05) is 12.0 Å². The van der Waals surface area contributed by atoms with Crippen molar-refractivity contribution in [1.82, 2.24) is 5.16 Å². The summed E-state index contributed by atoms with van der Waals surface area (Å²) in [5.41, 5.74) is 6.81. The van der Waals surface area contributed by atoms with E-state index in [-0.39, 0.29) is 5.78 Å². The van der Waals surface area contributed by atoms with Gasteiger partial charge in [-0.05, 0) is 20.4 Å². The van der Waals surface area contributed by atoms with Crippen molar-refractivity contribution in [3.63, 3.8) is 0 Å². The first-order valence-electron chi connectivity index (χ1n) is 3.83. The molecule has 0 radical (unpaired) electrons.